The number of hydrogen-bond donors (Lipinski definition) is 3. The minimum Gasteiger partial charge on any atom is -0.329 e. The van der Waals surface area contributed by atoms with Gasteiger partial charge in [-0.3, -0.25) is 5.10 Å². The summed E-state index contributed by atoms with van der Waals surface area (Å²) >= 11 is 0. The standard InChI is InChI=1S/C8H16N4O2S/c1-5(4-9)12-15(13,14)8-6(2)10-11-7(8)3/h5,12H,4,9H2,1-3H3,(H,10,11)/t5-/m0/s1. The lowest BCUT2D eigenvalue weighted by Crippen LogP contribution is -2.38. The van der Waals surface area contributed by atoms with Crippen LogP contribution in [-0.2, 0) is 10.0 Å². The molecule has 1 heterocycles. The fourth-order valence-corrected chi connectivity index (χ4v) is 2.94. The van der Waals surface area contributed by atoms with E-state index in [1.54, 1.807) is 20.8 Å². The monoisotopic (exact) mass is 232 g/mol. The Morgan fingerprint density at radius 3 is 2.53 bits per heavy atom. The van der Waals surface area contributed by atoms with Crippen molar-refractivity contribution in [1.82, 2.24) is 14.9 Å². The number of aromatic nitrogens is 2. The van der Waals surface area contributed by atoms with Crippen LogP contribution in [-0.4, -0.2) is 31.2 Å². The van der Waals surface area contributed by atoms with Crippen LogP contribution < -0.4 is 10.5 Å². The highest BCUT2D eigenvalue weighted by Gasteiger charge is 2.23. The number of rotatable bonds is 4. The second kappa shape index (κ2) is 4.30. The maximum absolute atomic E-state index is 11.9. The Morgan fingerprint density at radius 2 is 2.13 bits per heavy atom. The van der Waals surface area contributed by atoms with Gasteiger partial charge < -0.3 is 5.73 Å². The summed E-state index contributed by atoms with van der Waals surface area (Å²) in [6.45, 7) is 5.28. The highest BCUT2D eigenvalue weighted by atomic mass is 32.2. The Bertz CT molecular complexity index is 418. The summed E-state index contributed by atoms with van der Waals surface area (Å²) in [5.41, 5.74) is 6.35. The van der Waals surface area contributed by atoms with Gasteiger partial charge in [0, 0.05) is 12.6 Å². The van der Waals surface area contributed by atoms with Crippen LogP contribution in [0.15, 0.2) is 4.90 Å². The van der Waals surface area contributed by atoms with Gasteiger partial charge in [0.05, 0.1) is 11.4 Å². The van der Waals surface area contributed by atoms with E-state index in [0.717, 1.165) is 0 Å². The number of aryl methyl sites for hydroxylation is 2. The van der Waals surface area contributed by atoms with Crippen LogP contribution >= 0.6 is 0 Å². The van der Waals surface area contributed by atoms with E-state index < -0.39 is 10.0 Å². The second-order valence-corrected chi connectivity index (χ2v) is 5.17. The van der Waals surface area contributed by atoms with Crippen molar-refractivity contribution in [3.8, 4) is 0 Å². The van der Waals surface area contributed by atoms with Crippen molar-refractivity contribution >= 4 is 10.0 Å². The van der Waals surface area contributed by atoms with Crippen molar-refractivity contribution in [2.45, 2.75) is 31.7 Å². The fourth-order valence-electron chi connectivity index (χ4n) is 1.31. The minimum absolute atomic E-state index is 0.211. The molecule has 0 bridgehead atoms. The third-order valence-corrected chi connectivity index (χ3v) is 3.89. The van der Waals surface area contributed by atoms with Crippen molar-refractivity contribution in [2.75, 3.05) is 6.54 Å². The molecule has 1 atom stereocenters. The zero-order valence-corrected chi connectivity index (χ0v) is 9.85. The Balaban J connectivity index is 3.07. The van der Waals surface area contributed by atoms with Crippen LogP contribution in [0.5, 0.6) is 0 Å². The predicted octanol–water partition coefficient (Wildman–Crippen LogP) is -0.348. The molecular formula is C8H16N4O2S. The number of nitrogens with one attached hydrogen (secondary N) is 2. The SMILES string of the molecule is Cc1n[nH]c(C)c1S(=O)(=O)N[C@@H](C)CN. The van der Waals surface area contributed by atoms with Crippen LogP contribution in [0.1, 0.15) is 18.3 Å². The Labute approximate surface area is 89.3 Å². The molecule has 15 heavy (non-hydrogen) atoms. The quantitative estimate of drug-likeness (QED) is 0.660. The maximum atomic E-state index is 11.9. The topological polar surface area (TPSA) is 101 Å². The number of hydrogen-bond acceptors (Lipinski definition) is 4. The van der Waals surface area contributed by atoms with Crippen molar-refractivity contribution in [3.63, 3.8) is 0 Å². The van der Waals surface area contributed by atoms with Crippen LogP contribution in [0.25, 0.3) is 0 Å². The molecule has 0 saturated heterocycles. The Morgan fingerprint density at radius 1 is 1.53 bits per heavy atom. The van der Waals surface area contributed by atoms with Crippen LogP contribution in [0, 0.1) is 13.8 Å². The minimum atomic E-state index is -3.51. The number of aromatic amines is 1. The molecule has 0 radical (unpaired) electrons. The lowest BCUT2D eigenvalue weighted by atomic mass is 10.4. The van der Waals surface area contributed by atoms with Gasteiger partial charge in [-0.25, -0.2) is 13.1 Å². The smallest absolute Gasteiger partial charge is 0.244 e. The lowest BCUT2D eigenvalue weighted by molar-refractivity contribution is 0.561. The van der Waals surface area contributed by atoms with Crippen molar-refractivity contribution in [1.29, 1.82) is 0 Å². The van der Waals surface area contributed by atoms with Gasteiger partial charge >= 0.3 is 0 Å². The van der Waals surface area contributed by atoms with E-state index in [2.05, 4.69) is 14.9 Å². The van der Waals surface area contributed by atoms with E-state index in [9.17, 15) is 8.42 Å². The first-order valence-corrected chi connectivity index (χ1v) is 6.10. The summed E-state index contributed by atoms with van der Waals surface area (Å²) in [6, 6.07) is -0.288. The van der Waals surface area contributed by atoms with Gasteiger partial charge in [0.1, 0.15) is 4.90 Å². The van der Waals surface area contributed by atoms with Crippen molar-refractivity contribution in [2.24, 2.45) is 5.73 Å². The van der Waals surface area contributed by atoms with Gasteiger partial charge in [0.15, 0.2) is 0 Å². The summed E-state index contributed by atoms with van der Waals surface area (Å²) in [4.78, 5) is 0.211. The maximum Gasteiger partial charge on any atom is 0.244 e. The summed E-state index contributed by atoms with van der Waals surface area (Å²) in [5.74, 6) is 0. The molecule has 1 rings (SSSR count). The highest BCUT2D eigenvalue weighted by molar-refractivity contribution is 7.89. The number of H-pyrrole nitrogens is 1. The van der Waals surface area contributed by atoms with Crippen LogP contribution in [0.2, 0.25) is 0 Å². The van der Waals surface area contributed by atoms with E-state index in [1.165, 1.54) is 0 Å². The molecule has 0 aliphatic carbocycles. The molecule has 0 aliphatic rings. The molecule has 0 amide bonds. The zero-order valence-electron chi connectivity index (χ0n) is 9.03. The number of nitrogens with zero attached hydrogens (tertiary/aromatic N) is 1. The second-order valence-electron chi connectivity index (χ2n) is 3.52. The van der Waals surface area contributed by atoms with Gasteiger partial charge in [-0.1, -0.05) is 0 Å². The van der Waals surface area contributed by atoms with Gasteiger partial charge in [-0.2, -0.15) is 5.10 Å². The van der Waals surface area contributed by atoms with E-state index in [-0.39, 0.29) is 17.5 Å². The summed E-state index contributed by atoms with van der Waals surface area (Å²) in [5, 5.41) is 6.47. The first-order chi connectivity index (χ1) is 6.88. The van der Waals surface area contributed by atoms with Gasteiger partial charge in [0.25, 0.3) is 0 Å². The largest absolute Gasteiger partial charge is 0.329 e. The average molecular weight is 232 g/mol. The van der Waals surface area contributed by atoms with Crippen molar-refractivity contribution < 1.29 is 8.42 Å². The molecule has 0 unspecified atom stereocenters. The molecule has 7 heteroatoms. The third kappa shape index (κ3) is 2.55. The summed E-state index contributed by atoms with van der Waals surface area (Å²) < 4.78 is 26.2. The molecule has 4 N–H and O–H groups in total. The van der Waals surface area contributed by atoms with Crippen molar-refractivity contribution in [3.05, 3.63) is 11.4 Å². The molecule has 0 aliphatic heterocycles. The molecule has 0 fully saturated rings. The molecule has 86 valence electrons. The molecule has 1 aromatic rings. The van der Waals surface area contributed by atoms with E-state index >= 15 is 0 Å². The highest BCUT2D eigenvalue weighted by Crippen LogP contribution is 2.16. The average Bonchev–Trinajstić information content (AvgIpc) is 2.45. The van der Waals surface area contributed by atoms with E-state index in [1.807, 2.05) is 0 Å². The zero-order chi connectivity index (χ0) is 11.6. The summed E-state index contributed by atoms with van der Waals surface area (Å²) in [6.07, 6.45) is 0. The molecule has 0 aromatic carbocycles. The first-order valence-electron chi connectivity index (χ1n) is 4.62. The van der Waals surface area contributed by atoms with Gasteiger partial charge in [-0.15, -0.1) is 0 Å². The normalized spacial score (nSPS) is 14.1. The van der Waals surface area contributed by atoms with E-state index in [0.29, 0.717) is 11.4 Å². The predicted molar refractivity (Wildman–Crippen MR) is 56.9 cm³/mol. The molecule has 0 saturated carbocycles. The Hall–Kier alpha value is -0.920. The summed E-state index contributed by atoms with van der Waals surface area (Å²) in [7, 11) is -3.51. The molecule has 1 aromatic heterocycles. The Kier molecular flexibility index (Phi) is 3.48. The van der Waals surface area contributed by atoms with Crippen LogP contribution in [0.3, 0.4) is 0 Å². The van der Waals surface area contributed by atoms with Gasteiger partial charge in [-0.05, 0) is 20.8 Å². The molecule has 0 spiro atoms. The van der Waals surface area contributed by atoms with E-state index in [4.69, 9.17) is 5.73 Å². The third-order valence-electron chi connectivity index (χ3n) is 2.04. The fraction of sp³-hybridized carbons (Fsp3) is 0.625. The first kappa shape index (κ1) is 12.2. The molecule has 6 nitrogen and oxygen atoms in total. The lowest BCUT2D eigenvalue weighted by Gasteiger charge is -2.11. The number of sulfonamides is 1. The van der Waals surface area contributed by atoms with Gasteiger partial charge in [0.2, 0.25) is 10.0 Å². The number of nitrogens with two attached hydrogens (primary N) is 1. The molecular weight excluding hydrogens is 216 g/mol. The van der Waals surface area contributed by atoms with Crippen LogP contribution in [0.4, 0.5) is 0 Å².